The Hall–Kier alpha value is -0.353. The van der Waals surface area contributed by atoms with E-state index in [-0.39, 0.29) is 0 Å². The molecule has 0 aromatic heterocycles. The lowest BCUT2D eigenvalue weighted by Crippen LogP contribution is -2.26. The van der Waals surface area contributed by atoms with Crippen LogP contribution in [-0.4, -0.2) is 13.0 Å². The molecule has 0 fully saturated rings. The molecule has 0 atom stereocenters. The van der Waals surface area contributed by atoms with E-state index >= 15 is 0 Å². The van der Waals surface area contributed by atoms with Gasteiger partial charge in [0.1, 0.15) is 7.22 Å². The zero-order chi connectivity index (χ0) is 10.6. The molecule has 0 nitrogen and oxygen atoms in total. The van der Waals surface area contributed by atoms with Gasteiger partial charge in [-0.2, -0.15) is 8.78 Å². The third-order valence-electron chi connectivity index (χ3n) is 1.88. The molecule has 1 aromatic carbocycles. The van der Waals surface area contributed by atoms with Gasteiger partial charge in [0.25, 0.3) is 5.76 Å². The molecule has 0 aliphatic heterocycles. The summed E-state index contributed by atoms with van der Waals surface area (Å²) in [6.07, 6.45) is 0. The number of rotatable bonds is 4. The number of halogens is 2. The molecule has 0 amide bonds. The summed E-state index contributed by atoms with van der Waals surface area (Å²) in [5.74, 6) is -2.24. The van der Waals surface area contributed by atoms with E-state index < -0.39 is 13.0 Å². The minimum Gasteiger partial charge on any atom is -0.199 e. The van der Waals surface area contributed by atoms with E-state index in [0.717, 1.165) is 22.8 Å². The Morgan fingerprint density at radius 3 is 2.29 bits per heavy atom. The first-order chi connectivity index (χ1) is 6.49. The minimum absolute atomic E-state index is 0.808. The lowest BCUT2D eigenvalue weighted by molar-refractivity contribution is 0.253. The average molecular weight is 232 g/mol. The van der Waals surface area contributed by atoms with Crippen molar-refractivity contribution >= 4 is 18.4 Å². The van der Waals surface area contributed by atoms with E-state index in [1.807, 2.05) is 43.4 Å². The summed E-state index contributed by atoms with van der Waals surface area (Å²) >= 11 is 0.857. The van der Waals surface area contributed by atoms with E-state index in [9.17, 15) is 8.78 Å². The molecule has 0 bridgehead atoms. The summed E-state index contributed by atoms with van der Waals surface area (Å²) in [6, 6.07) is 10.7. The van der Waals surface area contributed by atoms with Crippen molar-refractivity contribution in [3.8, 4) is 0 Å². The number of hydrogen-bond acceptors (Lipinski definition) is 1. The van der Waals surface area contributed by atoms with Crippen LogP contribution in [0, 0.1) is 0 Å². The second kappa shape index (κ2) is 4.93. The van der Waals surface area contributed by atoms with Gasteiger partial charge in [-0.05, 0) is 11.6 Å². The van der Waals surface area contributed by atoms with Crippen LogP contribution < -0.4 is 0 Å². The van der Waals surface area contributed by atoms with E-state index in [0.29, 0.717) is 0 Å². The van der Waals surface area contributed by atoms with Gasteiger partial charge in [0.2, 0.25) is 0 Å². The van der Waals surface area contributed by atoms with Crippen molar-refractivity contribution in [1.82, 2.24) is 0 Å². The highest BCUT2D eigenvalue weighted by molar-refractivity contribution is 8.28. The SMILES string of the molecule is C[Si](C)(Cc1ccccc1)SC(F)F. The number of alkyl halides is 2. The number of hydrogen-bond donors (Lipinski definition) is 0. The van der Waals surface area contributed by atoms with Gasteiger partial charge in [-0.15, -0.1) is 11.2 Å². The Bertz CT molecular complexity index is 275. The van der Waals surface area contributed by atoms with Crippen LogP contribution in [0.3, 0.4) is 0 Å². The minimum atomic E-state index is -2.24. The van der Waals surface area contributed by atoms with Gasteiger partial charge < -0.3 is 0 Å². The van der Waals surface area contributed by atoms with Crippen molar-refractivity contribution in [1.29, 1.82) is 0 Å². The first-order valence-corrected chi connectivity index (χ1v) is 9.31. The van der Waals surface area contributed by atoms with E-state index in [2.05, 4.69) is 0 Å². The Kier molecular flexibility index (Phi) is 4.13. The van der Waals surface area contributed by atoms with E-state index in [4.69, 9.17) is 0 Å². The van der Waals surface area contributed by atoms with E-state index in [1.165, 1.54) is 0 Å². The maximum absolute atomic E-state index is 12.2. The molecule has 14 heavy (non-hydrogen) atoms. The Morgan fingerprint density at radius 2 is 1.79 bits per heavy atom. The summed E-state index contributed by atoms with van der Waals surface area (Å²) in [5.41, 5.74) is 1.16. The van der Waals surface area contributed by atoms with Crippen molar-refractivity contribution in [2.75, 3.05) is 0 Å². The van der Waals surface area contributed by atoms with Crippen LogP contribution in [0.5, 0.6) is 0 Å². The van der Waals surface area contributed by atoms with Crippen LogP contribution in [0.1, 0.15) is 5.56 Å². The zero-order valence-corrected chi connectivity index (χ0v) is 10.2. The smallest absolute Gasteiger partial charge is 0.199 e. The molecule has 0 saturated carbocycles. The molecule has 0 aliphatic carbocycles. The molecule has 0 aliphatic rings. The van der Waals surface area contributed by atoms with Crippen molar-refractivity contribution in [2.24, 2.45) is 0 Å². The van der Waals surface area contributed by atoms with Crippen molar-refractivity contribution in [2.45, 2.75) is 24.9 Å². The highest BCUT2D eigenvalue weighted by Gasteiger charge is 2.26. The number of benzene rings is 1. The van der Waals surface area contributed by atoms with Crippen LogP contribution in [0.25, 0.3) is 0 Å². The first kappa shape index (κ1) is 11.7. The molecule has 0 saturated heterocycles. The van der Waals surface area contributed by atoms with Crippen molar-refractivity contribution in [3.05, 3.63) is 35.9 Å². The summed E-state index contributed by atoms with van der Waals surface area (Å²) in [4.78, 5) is 0. The molecule has 0 unspecified atom stereocenters. The third kappa shape index (κ3) is 4.24. The van der Waals surface area contributed by atoms with E-state index in [1.54, 1.807) is 0 Å². The van der Waals surface area contributed by atoms with Crippen molar-refractivity contribution < 1.29 is 8.78 Å². The second-order valence-electron chi connectivity index (χ2n) is 3.80. The standard InChI is InChI=1S/C10H14F2SSi/c1-14(2,13-10(11)12)8-9-6-4-3-5-7-9/h3-7,10H,8H2,1-2H3. The first-order valence-electron chi connectivity index (χ1n) is 4.49. The predicted molar refractivity (Wildman–Crippen MR) is 61.2 cm³/mol. The fraction of sp³-hybridized carbons (Fsp3) is 0.400. The molecule has 78 valence electrons. The third-order valence-corrected chi connectivity index (χ3v) is 6.84. The van der Waals surface area contributed by atoms with Gasteiger partial charge >= 0.3 is 0 Å². The van der Waals surface area contributed by atoms with Gasteiger partial charge in [-0.25, -0.2) is 0 Å². The molecule has 1 rings (SSSR count). The lowest BCUT2D eigenvalue weighted by Gasteiger charge is -2.20. The average Bonchev–Trinajstić information content (AvgIpc) is 2.02. The van der Waals surface area contributed by atoms with Gasteiger partial charge in [-0.3, -0.25) is 0 Å². The fourth-order valence-corrected chi connectivity index (χ4v) is 5.35. The van der Waals surface area contributed by atoms with Crippen LogP contribution in [0.4, 0.5) is 8.78 Å². The molecular weight excluding hydrogens is 218 g/mol. The largest absolute Gasteiger partial charge is 0.279 e. The van der Waals surface area contributed by atoms with Crippen LogP contribution in [0.15, 0.2) is 30.3 Å². The molecular formula is C10H14F2SSi. The van der Waals surface area contributed by atoms with Crippen LogP contribution in [0.2, 0.25) is 13.1 Å². The van der Waals surface area contributed by atoms with Crippen molar-refractivity contribution in [3.63, 3.8) is 0 Å². The van der Waals surface area contributed by atoms with Gasteiger partial charge in [0.15, 0.2) is 0 Å². The second-order valence-corrected chi connectivity index (χ2v) is 12.3. The molecule has 0 N–H and O–H groups in total. The summed E-state index contributed by atoms with van der Waals surface area (Å²) in [5, 5.41) is 0. The summed E-state index contributed by atoms with van der Waals surface area (Å²) < 4.78 is 24.5. The molecule has 0 heterocycles. The van der Waals surface area contributed by atoms with Gasteiger partial charge in [-0.1, -0.05) is 43.4 Å². The van der Waals surface area contributed by atoms with Gasteiger partial charge in [0.05, 0.1) is 0 Å². The normalized spacial score (nSPS) is 12.1. The maximum Gasteiger partial charge on any atom is 0.279 e. The molecule has 4 heteroatoms. The predicted octanol–water partition coefficient (Wildman–Crippen LogP) is 3.93. The Balaban J connectivity index is 2.59. The highest BCUT2D eigenvalue weighted by atomic mass is 32.4. The van der Waals surface area contributed by atoms with Crippen LogP contribution >= 0.6 is 11.2 Å². The molecule has 0 radical (unpaired) electrons. The topological polar surface area (TPSA) is 0 Å². The quantitative estimate of drug-likeness (QED) is 0.709. The molecule has 0 spiro atoms. The molecule has 1 aromatic rings. The summed E-state index contributed by atoms with van der Waals surface area (Å²) in [6.45, 7) is 3.97. The lowest BCUT2D eigenvalue weighted by atomic mass is 10.2. The highest BCUT2D eigenvalue weighted by Crippen LogP contribution is 2.29. The fourth-order valence-electron chi connectivity index (χ4n) is 1.37. The van der Waals surface area contributed by atoms with Crippen LogP contribution in [-0.2, 0) is 6.04 Å². The zero-order valence-electron chi connectivity index (χ0n) is 8.34. The Morgan fingerprint density at radius 1 is 1.21 bits per heavy atom. The summed E-state index contributed by atoms with van der Waals surface area (Å²) in [7, 11) is -1.84. The Labute approximate surface area is 88.4 Å². The van der Waals surface area contributed by atoms with Gasteiger partial charge in [0, 0.05) is 0 Å². The maximum atomic E-state index is 12.2. The monoisotopic (exact) mass is 232 g/mol.